The van der Waals surface area contributed by atoms with Gasteiger partial charge in [-0.3, -0.25) is 9.97 Å². The SMILES string of the molecule is OB(O)c1cc2ccncc2c2cnccc12. The van der Waals surface area contributed by atoms with Crippen LogP contribution < -0.4 is 5.46 Å². The predicted octanol–water partition coefficient (Wildman–Crippen LogP) is 0.463. The molecule has 0 aliphatic rings. The maximum absolute atomic E-state index is 9.40. The van der Waals surface area contributed by atoms with Crippen LogP contribution in [0.15, 0.2) is 43.0 Å². The van der Waals surface area contributed by atoms with Crippen LogP contribution >= 0.6 is 0 Å². The Morgan fingerprint density at radius 2 is 1.59 bits per heavy atom. The van der Waals surface area contributed by atoms with Gasteiger partial charge < -0.3 is 10.0 Å². The largest absolute Gasteiger partial charge is 0.489 e. The molecule has 0 saturated heterocycles. The molecular formula is C12H9BN2O2. The van der Waals surface area contributed by atoms with Crippen molar-refractivity contribution in [1.29, 1.82) is 0 Å². The minimum absolute atomic E-state index is 0.487. The van der Waals surface area contributed by atoms with Gasteiger partial charge in [-0.25, -0.2) is 0 Å². The molecule has 3 rings (SSSR count). The highest BCUT2D eigenvalue weighted by Gasteiger charge is 2.16. The highest BCUT2D eigenvalue weighted by Crippen LogP contribution is 2.22. The molecule has 1 aromatic carbocycles. The third-order valence-electron chi connectivity index (χ3n) is 2.87. The molecular weight excluding hydrogens is 215 g/mol. The molecule has 0 amide bonds. The number of fused-ring (bicyclic) bond motifs is 3. The normalized spacial score (nSPS) is 10.9. The number of benzene rings is 1. The van der Waals surface area contributed by atoms with Crippen LogP contribution in [-0.2, 0) is 0 Å². The van der Waals surface area contributed by atoms with Crippen molar-refractivity contribution in [2.75, 3.05) is 0 Å². The van der Waals surface area contributed by atoms with Crippen molar-refractivity contribution in [3.05, 3.63) is 43.0 Å². The Hall–Kier alpha value is -1.98. The van der Waals surface area contributed by atoms with Gasteiger partial charge in [0.25, 0.3) is 0 Å². The van der Waals surface area contributed by atoms with E-state index >= 15 is 0 Å². The van der Waals surface area contributed by atoms with Gasteiger partial charge in [0, 0.05) is 35.6 Å². The summed E-state index contributed by atoms with van der Waals surface area (Å²) in [7, 11) is -1.49. The maximum atomic E-state index is 9.40. The van der Waals surface area contributed by atoms with Crippen LogP contribution in [-0.4, -0.2) is 27.1 Å². The van der Waals surface area contributed by atoms with E-state index in [1.54, 1.807) is 36.9 Å². The highest BCUT2D eigenvalue weighted by atomic mass is 16.4. The molecule has 0 bridgehead atoms. The molecule has 2 aromatic heterocycles. The molecule has 0 saturated carbocycles. The number of nitrogens with zero attached hydrogens (tertiary/aromatic N) is 2. The summed E-state index contributed by atoms with van der Waals surface area (Å²) in [6, 6.07) is 5.38. The zero-order valence-corrected chi connectivity index (χ0v) is 8.91. The summed E-state index contributed by atoms with van der Waals surface area (Å²) in [5.74, 6) is 0. The Morgan fingerprint density at radius 1 is 0.882 bits per heavy atom. The number of pyridine rings is 2. The lowest BCUT2D eigenvalue weighted by atomic mass is 9.76. The van der Waals surface area contributed by atoms with Gasteiger partial charge in [0.05, 0.1) is 0 Å². The highest BCUT2D eigenvalue weighted by molar-refractivity contribution is 6.62. The van der Waals surface area contributed by atoms with Gasteiger partial charge >= 0.3 is 7.12 Å². The second kappa shape index (κ2) is 3.80. The van der Waals surface area contributed by atoms with Crippen molar-refractivity contribution < 1.29 is 10.0 Å². The summed E-state index contributed by atoms with van der Waals surface area (Å²) in [6.45, 7) is 0. The van der Waals surface area contributed by atoms with Crippen molar-refractivity contribution in [2.45, 2.75) is 0 Å². The molecule has 2 N–H and O–H groups in total. The molecule has 0 aliphatic heterocycles. The molecule has 82 valence electrons. The van der Waals surface area contributed by atoms with Crippen LogP contribution in [0.2, 0.25) is 0 Å². The summed E-state index contributed by atoms with van der Waals surface area (Å²) >= 11 is 0. The van der Waals surface area contributed by atoms with Crippen LogP contribution in [0.1, 0.15) is 0 Å². The average Bonchev–Trinajstić information content (AvgIpc) is 2.37. The van der Waals surface area contributed by atoms with E-state index in [9.17, 15) is 10.0 Å². The van der Waals surface area contributed by atoms with Crippen molar-refractivity contribution in [3.8, 4) is 0 Å². The van der Waals surface area contributed by atoms with Crippen molar-refractivity contribution in [1.82, 2.24) is 9.97 Å². The number of aromatic nitrogens is 2. The third-order valence-corrected chi connectivity index (χ3v) is 2.87. The summed E-state index contributed by atoms with van der Waals surface area (Å²) in [4.78, 5) is 8.16. The Balaban J connectivity index is 2.55. The van der Waals surface area contributed by atoms with E-state index < -0.39 is 7.12 Å². The van der Waals surface area contributed by atoms with Crippen LogP contribution in [0.5, 0.6) is 0 Å². The quantitative estimate of drug-likeness (QED) is 0.465. The third kappa shape index (κ3) is 1.56. The Morgan fingerprint density at radius 3 is 2.35 bits per heavy atom. The lowest BCUT2D eigenvalue weighted by Gasteiger charge is -2.08. The zero-order chi connectivity index (χ0) is 11.8. The van der Waals surface area contributed by atoms with E-state index in [0.717, 1.165) is 21.5 Å². The second-order valence-corrected chi connectivity index (χ2v) is 3.86. The lowest BCUT2D eigenvalue weighted by molar-refractivity contribution is 0.426. The van der Waals surface area contributed by atoms with Gasteiger partial charge in [0.2, 0.25) is 0 Å². The molecule has 0 atom stereocenters. The van der Waals surface area contributed by atoms with Crippen molar-refractivity contribution in [3.63, 3.8) is 0 Å². The van der Waals surface area contributed by atoms with Gasteiger partial charge in [-0.2, -0.15) is 0 Å². The first-order valence-electron chi connectivity index (χ1n) is 5.24. The van der Waals surface area contributed by atoms with Gasteiger partial charge in [0.1, 0.15) is 0 Å². The molecule has 3 aromatic rings. The van der Waals surface area contributed by atoms with Crippen LogP contribution in [0.25, 0.3) is 21.5 Å². The van der Waals surface area contributed by atoms with Crippen LogP contribution in [0.4, 0.5) is 0 Å². The summed E-state index contributed by atoms with van der Waals surface area (Å²) in [5.41, 5.74) is 0.487. The second-order valence-electron chi connectivity index (χ2n) is 3.86. The molecule has 0 fully saturated rings. The Labute approximate surface area is 97.7 Å². The Bertz CT molecular complexity index is 700. The van der Waals surface area contributed by atoms with Crippen LogP contribution in [0.3, 0.4) is 0 Å². The fourth-order valence-corrected chi connectivity index (χ4v) is 2.08. The van der Waals surface area contributed by atoms with Gasteiger partial charge in [-0.05, 0) is 28.4 Å². The molecule has 2 heterocycles. The van der Waals surface area contributed by atoms with Crippen molar-refractivity contribution in [2.24, 2.45) is 0 Å². The minimum atomic E-state index is -1.49. The molecule has 0 spiro atoms. The molecule has 0 radical (unpaired) electrons. The topological polar surface area (TPSA) is 66.2 Å². The zero-order valence-electron chi connectivity index (χ0n) is 8.91. The van der Waals surface area contributed by atoms with Gasteiger partial charge in [-0.15, -0.1) is 0 Å². The first kappa shape index (κ1) is 10.2. The van der Waals surface area contributed by atoms with E-state index in [0.29, 0.717) is 5.46 Å². The smallest absolute Gasteiger partial charge is 0.423 e. The maximum Gasteiger partial charge on any atom is 0.489 e. The minimum Gasteiger partial charge on any atom is -0.423 e. The standard InChI is InChI=1S/C12H9BN2O2/c16-13(17)12-5-8-1-3-14-6-10(8)11-7-15-4-2-9(11)12/h1-7,16-17H. The van der Waals surface area contributed by atoms with Crippen molar-refractivity contribution >= 4 is 34.1 Å². The average molecular weight is 224 g/mol. The fourth-order valence-electron chi connectivity index (χ4n) is 2.08. The summed E-state index contributed by atoms with van der Waals surface area (Å²) in [5, 5.41) is 22.3. The molecule has 17 heavy (non-hydrogen) atoms. The summed E-state index contributed by atoms with van der Waals surface area (Å²) < 4.78 is 0. The summed E-state index contributed by atoms with van der Waals surface area (Å²) in [6.07, 6.45) is 6.78. The molecule has 0 aliphatic carbocycles. The molecule has 4 nitrogen and oxygen atoms in total. The van der Waals surface area contributed by atoms with Crippen LogP contribution in [0, 0.1) is 0 Å². The number of hydrogen-bond donors (Lipinski definition) is 2. The van der Waals surface area contributed by atoms with Gasteiger partial charge in [0.15, 0.2) is 0 Å². The monoisotopic (exact) mass is 224 g/mol. The first-order chi connectivity index (χ1) is 8.27. The Kier molecular flexibility index (Phi) is 2.28. The van der Waals surface area contributed by atoms with E-state index in [4.69, 9.17) is 0 Å². The van der Waals surface area contributed by atoms with Gasteiger partial charge in [-0.1, -0.05) is 6.07 Å². The van der Waals surface area contributed by atoms with E-state index in [-0.39, 0.29) is 0 Å². The van der Waals surface area contributed by atoms with E-state index in [1.807, 2.05) is 6.07 Å². The predicted molar refractivity (Wildman–Crippen MR) is 66.9 cm³/mol. The number of rotatable bonds is 1. The van der Waals surface area contributed by atoms with E-state index in [2.05, 4.69) is 9.97 Å². The number of hydrogen-bond acceptors (Lipinski definition) is 4. The lowest BCUT2D eigenvalue weighted by Crippen LogP contribution is -2.30. The van der Waals surface area contributed by atoms with E-state index in [1.165, 1.54) is 0 Å². The molecule has 5 heteroatoms. The first-order valence-corrected chi connectivity index (χ1v) is 5.24. The fraction of sp³-hybridized carbons (Fsp3) is 0. The molecule has 0 unspecified atom stereocenters.